The average Bonchev–Trinajstić information content (AvgIpc) is 2.13. The molecule has 0 fully saturated rings. The van der Waals surface area contributed by atoms with E-state index in [4.69, 9.17) is 11.6 Å². The van der Waals surface area contributed by atoms with Crippen LogP contribution >= 0.6 is 11.6 Å². The fraction of sp³-hybridized carbons (Fsp3) is 1.00. The first kappa shape index (κ1) is 13.2. The summed E-state index contributed by atoms with van der Waals surface area (Å²) in [6.07, 6.45) is 6.32. The lowest BCUT2D eigenvalue weighted by molar-refractivity contribution is 0.429. The Morgan fingerprint density at radius 2 is 1.92 bits per heavy atom. The predicted molar refractivity (Wildman–Crippen MR) is 61.5 cm³/mol. The summed E-state index contributed by atoms with van der Waals surface area (Å²) in [7, 11) is 0. The Labute approximate surface area is 88.2 Å². The van der Waals surface area contributed by atoms with Crippen molar-refractivity contribution in [1.82, 2.24) is 5.32 Å². The molecule has 0 aliphatic rings. The molecule has 0 aromatic heterocycles. The van der Waals surface area contributed by atoms with Crippen molar-refractivity contribution in [1.29, 1.82) is 0 Å². The van der Waals surface area contributed by atoms with Gasteiger partial charge in [0.2, 0.25) is 0 Å². The topological polar surface area (TPSA) is 12.0 Å². The number of hydrogen-bond donors (Lipinski definition) is 1. The standard InChI is InChI=1S/C11H24ClN/c1-3-5-9-13-10-11(6-4-2)7-8-12/h11,13H,3-10H2,1-2H3. The molecule has 0 radical (unpaired) electrons. The third kappa shape index (κ3) is 8.58. The highest BCUT2D eigenvalue weighted by Gasteiger charge is 2.05. The summed E-state index contributed by atoms with van der Waals surface area (Å²) in [4.78, 5) is 0. The van der Waals surface area contributed by atoms with Crippen LogP contribution in [0.4, 0.5) is 0 Å². The van der Waals surface area contributed by atoms with E-state index in [1.807, 2.05) is 0 Å². The Kier molecular flexibility index (Phi) is 10.5. The minimum atomic E-state index is 0.791. The number of unbranched alkanes of at least 4 members (excludes halogenated alkanes) is 1. The molecule has 0 saturated heterocycles. The maximum Gasteiger partial charge on any atom is 0.0226 e. The smallest absolute Gasteiger partial charge is 0.0226 e. The van der Waals surface area contributed by atoms with E-state index >= 15 is 0 Å². The number of rotatable bonds is 9. The summed E-state index contributed by atoms with van der Waals surface area (Å²) in [5.74, 6) is 1.60. The lowest BCUT2D eigenvalue weighted by Crippen LogP contribution is -2.24. The molecule has 0 aromatic rings. The first-order chi connectivity index (χ1) is 6.35. The Morgan fingerprint density at radius 3 is 2.46 bits per heavy atom. The SMILES string of the molecule is CCCCNCC(CCC)CCCl. The zero-order chi connectivity index (χ0) is 9.94. The molecule has 80 valence electrons. The summed E-state index contributed by atoms with van der Waals surface area (Å²) < 4.78 is 0. The first-order valence-electron chi connectivity index (χ1n) is 5.61. The highest BCUT2D eigenvalue weighted by Crippen LogP contribution is 2.10. The minimum absolute atomic E-state index is 0.791. The van der Waals surface area contributed by atoms with Crippen LogP contribution in [0.3, 0.4) is 0 Å². The Morgan fingerprint density at radius 1 is 1.15 bits per heavy atom. The zero-order valence-electron chi connectivity index (χ0n) is 9.11. The van der Waals surface area contributed by atoms with Crippen molar-refractivity contribution in [3.8, 4) is 0 Å². The van der Waals surface area contributed by atoms with E-state index in [0.29, 0.717) is 0 Å². The number of nitrogens with one attached hydrogen (secondary N) is 1. The second kappa shape index (κ2) is 10.3. The van der Waals surface area contributed by atoms with Crippen LogP contribution in [-0.4, -0.2) is 19.0 Å². The van der Waals surface area contributed by atoms with Gasteiger partial charge in [-0.15, -0.1) is 11.6 Å². The highest BCUT2D eigenvalue weighted by molar-refractivity contribution is 6.17. The first-order valence-corrected chi connectivity index (χ1v) is 6.15. The number of hydrogen-bond acceptors (Lipinski definition) is 1. The van der Waals surface area contributed by atoms with E-state index in [1.165, 1.54) is 32.2 Å². The molecule has 1 N–H and O–H groups in total. The van der Waals surface area contributed by atoms with Crippen LogP contribution in [0.25, 0.3) is 0 Å². The molecule has 2 heteroatoms. The highest BCUT2D eigenvalue weighted by atomic mass is 35.5. The van der Waals surface area contributed by atoms with Crippen LogP contribution in [0.15, 0.2) is 0 Å². The van der Waals surface area contributed by atoms with Crippen LogP contribution in [0, 0.1) is 5.92 Å². The van der Waals surface area contributed by atoms with Gasteiger partial charge in [-0.2, -0.15) is 0 Å². The van der Waals surface area contributed by atoms with Gasteiger partial charge in [-0.05, 0) is 38.3 Å². The van der Waals surface area contributed by atoms with Crippen molar-refractivity contribution in [3.63, 3.8) is 0 Å². The van der Waals surface area contributed by atoms with E-state index in [2.05, 4.69) is 19.2 Å². The third-order valence-electron chi connectivity index (χ3n) is 2.35. The van der Waals surface area contributed by atoms with Crippen LogP contribution in [0.2, 0.25) is 0 Å². The average molecular weight is 206 g/mol. The lowest BCUT2D eigenvalue weighted by atomic mass is 10.0. The van der Waals surface area contributed by atoms with Gasteiger partial charge in [-0.3, -0.25) is 0 Å². The fourth-order valence-electron chi connectivity index (χ4n) is 1.52. The normalized spacial score (nSPS) is 13.2. The largest absolute Gasteiger partial charge is 0.316 e. The quantitative estimate of drug-likeness (QED) is 0.449. The van der Waals surface area contributed by atoms with Gasteiger partial charge in [0, 0.05) is 5.88 Å². The monoisotopic (exact) mass is 205 g/mol. The lowest BCUT2D eigenvalue weighted by Gasteiger charge is -2.15. The van der Waals surface area contributed by atoms with E-state index in [1.54, 1.807) is 0 Å². The summed E-state index contributed by atoms with van der Waals surface area (Å²) in [5, 5.41) is 3.50. The molecule has 0 bridgehead atoms. The maximum absolute atomic E-state index is 5.74. The van der Waals surface area contributed by atoms with Gasteiger partial charge in [0.15, 0.2) is 0 Å². The van der Waals surface area contributed by atoms with Crippen molar-refractivity contribution in [3.05, 3.63) is 0 Å². The third-order valence-corrected chi connectivity index (χ3v) is 2.57. The number of halogens is 1. The van der Waals surface area contributed by atoms with Gasteiger partial charge in [0.1, 0.15) is 0 Å². The van der Waals surface area contributed by atoms with Crippen LogP contribution in [-0.2, 0) is 0 Å². The minimum Gasteiger partial charge on any atom is -0.316 e. The van der Waals surface area contributed by atoms with Gasteiger partial charge in [0.25, 0.3) is 0 Å². The molecular weight excluding hydrogens is 182 g/mol. The second-order valence-corrected chi connectivity index (χ2v) is 4.07. The van der Waals surface area contributed by atoms with E-state index in [-0.39, 0.29) is 0 Å². The second-order valence-electron chi connectivity index (χ2n) is 3.69. The van der Waals surface area contributed by atoms with E-state index < -0.39 is 0 Å². The molecule has 1 nitrogen and oxygen atoms in total. The summed E-state index contributed by atoms with van der Waals surface area (Å²) in [6.45, 7) is 6.79. The Bertz CT molecular complexity index is 90.1. The van der Waals surface area contributed by atoms with Crippen molar-refractivity contribution < 1.29 is 0 Å². The Balaban J connectivity index is 3.33. The van der Waals surface area contributed by atoms with Gasteiger partial charge in [-0.25, -0.2) is 0 Å². The predicted octanol–water partition coefficient (Wildman–Crippen LogP) is 3.42. The van der Waals surface area contributed by atoms with Gasteiger partial charge < -0.3 is 5.32 Å². The van der Waals surface area contributed by atoms with Crippen molar-refractivity contribution >= 4 is 11.6 Å². The molecule has 13 heavy (non-hydrogen) atoms. The van der Waals surface area contributed by atoms with Gasteiger partial charge >= 0.3 is 0 Å². The molecule has 0 aromatic carbocycles. The molecule has 1 unspecified atom stereocenters. The molecule has 0 spiro atoms. The van der Waals surface area contributed by atoms with Crippen LogP contribution < -0.4 is 5.32 Å². The molecule has 0 amide bonds. The molecule has 1 atom stereocenters. The maximum atomic E-state index is 5.74. The van der Waals surface area contributed by atoms with Crippen LogP contribution in [0.5, 0.6) is 0 Å². The summed E-state index contributed by atoms with van der Waals surface area (Å²) >= 11 is 5.74. The molecule has 0 rings (SSSR count). The molecule has 0 aliphatic carbocycles. The zero-order valence-corrected chi connectivity index (χ0v) is 9.87. The molecular formula is C11H24ClN. The number of alkyl halides is 1. The van der Waals surface area contributed by atoms with Crippen molar-refractivity contribution in [2.75, 3.05) is 19.0 Å². The van der Waals surface area contributed by atoms with Crippen molar-refractivity contribution in [2.45, 2.75) is 46.0 Å². The van der Waals surface area contributed by atoms with E-state index in [9.17, 15) is 0 Å². The van der Waals surface area contributed by atoms with Crippen LogP contribution in [0.1, 0.15) is 46.0 Å². The molecule has 0 saturated carbocycles. The summed E-state index contributed by atoms with van der Waals surface area (Å²) in [5.41, 5.74) is 0. The van der Waals surface area contributed by atoms with E-state index in [0.717, 1.165) is 24.8 Å². The van der Waals surface area contributed by atoms with Gasteiger partial charge in [0.05, 0.1) is 0 Å². The summed E-state index contributed by atoms with van der Waals surface area (Å²) in [6, 6.07) is 0. The fourth-order valence-corrected chi connectivity index (χ4v) is 1.83. The van der Waals surface area contributed by atoms with Gasteiger partial charge in [-0.1, -0.05) is 26.7 Å². The molecule has 0 heterocycles. The van der Waals surface area contributed by atoms with Crippen molar-refractivity contribution in [2.24, 2.45) is 5.92 Å². The Hall–Kier alpha value is 0.250. The molecule has 0 aliphatic heterocycles.